The Kier molecular flexibility index (Phi) is 2.95. The number of nitrogens with zero attached hydrogens (tertiary/aromatic N) is 1. The van der Waals surface area contributed by atoms with Crippen molar-refractivity contribution < 1.29 is 9.47 Å². The first-order valence-electron chi connectivity index (χ1n) is 6.19. The highest BCUT2D eigenvalue weighted by atomic mass is 16.5. The summed E-state index contributed by atoms with van der Waals surface area (Å²) in [5.74, 6) is 2.13. The first-order valence-corrected chi connectivity index (χ1v) is 6.19. The molecule has 0 aliphatic carbocycles. The zero-order valence-electron chi connectivity index (χ0n) is 11.3. The van der Waals surface area contributed by atoms with Crippen LogP contribution in [0.3, 0.4) is 0 Å². The maximum Gasteiger partial charge on any atom is 0.161 e. The molecule has 102 valence electrons. The van der Waals surface area contributed by atoms with Gasteiger partial charge in [-0.3, -0.25) is 0 Å². The molecule has 1 aromatic heterocycles. The number of aromatic amines is 1. The molecule has 0 bridgehead atoms. The number of aromatic nitrogens is 2. The van der Waals surface area contributed by atoms with Crippen molar-refractivity contribution in [1.82, 2.24) is 9.97 Å². The maximum absolute atomic E-state index is 5.77. The Morgan fingerprint density at radius 3 is 2.55 bits per heavy atom. The van der Waals surface area contributed by atoms with E-state index in [1.807, 2.05) is 36.4 Å². The highest BCUT2D eigenvalue weighted by Crippen LogP contribution is 2.32. The highest BCUT2D eigenvalue weighted by Gasteiger charge is 2.09. The number of ether oxygens (including phenoxy) is 2. The third kappa shape index (κ3) is 2.03. The van der Waals surface area contributed by atoms with Crippen molar-refractivity contribution in [1.29, 1.82) is 0 Å². The van der Waals surface area contributed by atoms with Crippen molar-refractivity contribution >= 4 is 16.7 Å². The highest BCUT2D eigenvalue weighted by molar-refractivity contribution is 5.82. The molecule has 0 spiro atoms. The van der Waals surface area contributed by atoms with Crippen LogP contribution in [0.2, 0.25) is 0 Å². The SMILES string of the molecule is COc1ccc(-c2nc3ccc(N)cc3[nH]2)cc1OC. The minimum absolute atomic E-state index is 0.671. The fourth-order valence-corrected chi connectivity index (χ4v) is 2.15. The van der Waals surface area contributed by atoms with E-state index in [-0.39, 0.29) is 0 Å². The molecule has 20 heavy (non-hydrogen) atoms. The fourth-order valence-electron chi connectivity index (χ4n) is 2.15. The van der Waals surface area contributed by atoms with Crippen LogP contribution in [0.1, 0.15) is 0 Å². The predicted molar refractivity (Wildman–Crippen MR) is 79.0 cm³/mol. The number of anilines is 1. The quantitative estimate of drug-likeness (QED) is 0.717. The summed E-state index contributed by atoms with van der Waals surface area (Å²) in [6, 6.07) is 11.3. The number of nitrogens with two attached hydrogens (primary N) is 1. The van der Waals surface area contributed by atoms with E-state index >= 15 is 0 Å². The van der Waals surface area contributed by atoms with Gasteiger partial charge in [0.25, 0.3) is 0 Å². The van der Waals surface area contributed by atoms with Crippen molar-refractivity contribution in [3.05, 3.63) is 36.4 Å². The van der Waals surface area contributed by atoms with Crippen LogP contribution >= 0.6 is 0 Å². The molecule has 3 rings (SSSR count). The maximum atomic E-state index is 5.77. The summed E-state index contributed by atoms with van der Waals surface area (Å²) >= 11 is 0. The summed E-state index contributed by atoms with van der Waals surface area (Å²) in [5.41, 5.74) is 9.20. The van der Waals surface area contributed by atoms with Gasteiger partial charge in [-0.1, -0.05) is 0 Å². The predicted octanol–water partition coefficient (Wildman–Crippen LogP) is 2.83. The monoisotopic (exact) mass is 269 g/mol. The van der Waals surface area contributed by atoms with Crippen molar-refractivity contribution in [3.63, 3.8) is 0 Å². The second kappa shape index (κ2) is 4.77. The summed E-state index contributed by atoms with van der Waals surface area (Å²) in [4.78, 5) is 7.80. The molecular weight excluding hydrogens is 254 g/mol. The zero-order chi connectivity index (χ0) is 14.1. The van der Waals surface area contributed by atoms with Gasteiger partial charge in [0, 0.05) is 11.3 Å². The molecule has 1 heterocycles. The second-order valence-corrected chi connectivity index (χ2v) is 4.43. The van der Waals surface area contributed by atoms with Crippen LogP contribution in [0.25, 0.3) is 22.4 Å². The lowest BCUT2D eigenvalue weighted by atomic mass is 10.2. The van der Waals surface area contributed by atoms with Crippen molar-refractivity contribution in [2.45, 2.75) is 0 Å². The molecule has 2 aromatic carbocycles. The lowest BCUT2D eigenvalue weighted by Crippen LogP contribution is -1.91. The number of nitrogens with one attached hydrogen (secondary N) is 1. The molecule has 0 aliphatic rings. The number of nitrogen functional groups attached to an aromatic ring is 1. The average Bonchev–Trinajstić information content (AvgIpc) is 2.89. The van der Waals surface area contributed by atoms with Gasteiger partial charge in [-0.15, -0.1) is 0 Å². The molecule has 0 amide bonds. The summed E-state index contributed by atoms with van der Waals surface area (Å²) in [5, 5.41) is 0. The van der Waals surface area contributed by atoms with Crippen LogP contribution in [0.4, 0.5) is 5.69 Å². The Bertz CT molecular complexity index is 765. The Balaban J connectivity index is 2.10. The van der Waals surface area contributed by atoms with Crippen LogP contribution in [-0.4, -0.2) is 24.2 Å². The van der Waals surface area contributed by atoms with E-state index in [2.05, 4.69) is 9.97 Å². The first kappa shape index (κ1) is 12.3. The number of methoxy groups -OCH3 is 2. The van der Waals surface area contributed by atoms with Crippen molar-refractivity contribution in [2.24, 2.45) is 0 Å². The minimum Gasteiger partial charge on any atom is -0.493 e. The molecule has 0 saturated carbocycles. The van der Waals surface area contributed by atoms with Gasteiger partial charge in [-0.2, -0.15) is 0 Å². The molecular formula is C15H15N3O2. The van der Waals surface area contributed by atoms with Crippen LogP contribution in [0.15, 0.2) is 36.4 Å². The minimum atomic E-state index is 0.671. The molecule has 3 N–H and O–H groups in total. The lowest BCUT2D eigenvalue weighted by molar-refractivity contribution is 0.355. The normalized spacial score (nSPS) is 10.7. The van der Waals surface area contributed by atoms with E-state index in [1.165, 1.54) is 0 Å². The third-order valence-electron chi connectivity index (χ3n) is 3.16. The molecule has 0 saturated heterocycles. The van der Waals surface area contributed by atoms with E-state index in [0.717, 1.165) is 22.4 Å². The molecule has 5 heteroatoms. The Morgan fingerprint density at radius 2 is 1.80 bits per heavy atom. The molecule has 0 unspecified atom stereocenters. The Morgan fingerprint density at radius 1 is 1.00 bits per heavy atom. The van der Waals surface area contributed by atoms with Crippen LogP contribution in [0, 0.1) is 0 Å². The number of rotatable bonds is 3. The van der Waals surface area contributed by atoms with Crippen molar-refractivity contribution in [3.8, 4) is 22.9 Å². The van der Waals surface area contributed by atoms with Gasteiger partial charge in [-0.05, 0) is 36.4 Å². The number of fused-ring (bicyclic) bond motifs is 1. The van der Waals surface area contributed by atoms with Gasteiger partial charge in [0.15, 0.2) is 11.5 Å². The third-order valence-corrected chi connectivity index (χ3v) is 3.16. The second-order valence-electron chi connectivity index (χ2n) is 4.43. The largest absolute Gasteiger partial charge is 0.493 e. The topological polar surface area (TPSA) is 73.2 Å². The Hall–Kier alpha value is -2.69. The van der Waals surface area contributed by atoms with Crippen LogP contribution in [0.5, 0.6) is 11.5 Å². The molecule has 3 aromatic rings. The van der Waals surface area contributed by atoms with Gasteiger partial charge in [-0.25, -0.2) is 4.98 Å². The van der Waals surface area contributed by atoms with E-state index in [0.29, 0.717) is 17.2 Å². The summed E-state index contributed by atoms with van der Waals surface area (Å²) < 4.78 is 10.5. The number of hydrogen-bond acceptors (Lipinski definition) is 4. The summed E-state index contributed by atoms with van der Waals surface area (Å²) in [7, 11) is 3.22. The number of hydrogen-bond donors (Lipinski definition) is 2. The Labute approximate surface area is 116 Å². The summed E-state index contributed by atoms with van der Waals surface area (Å²) in [6.07, 6.45) is 0. The number of benzene rings is 2. The van der Waals surface area contributed by atoms with Gasteiger partial charge >= 0.3 is 0 Å². The molecule has 0 aliphatic heterocycles. The number of H-pyrrole nitrogens is 1. The summed E-state index contributed by atoms with van der Waals surface area (Å²) in [6.45, 7) is 0. The van der Waals surface area contributed by atoms with E-state index in [9.17, 15) is 0 Å². The lowest BCUT2D eigenvalue weighted by Gasteiger charge is -2.08. The van der Waals surface area contributed by atoms with Crippen molar-refractivity contribution in [2.75, 3.05) is 20.0 Å². The van der Waals surface area contributed by atoms with Crippen LogP contribution < -0.4 is 15.2 Å². The van der Waals surface area contributed by atoms with E-state index in [1.54, 1.807) is 14.2 Å². The average molecular weight is 269 g/mol. The zero-order valence-corrected chi connectivity index (χ0v) is 11.3. The molecule has 5 nitrogen and oxygen atoms in total. The van der Waals surface area contributed by atoms with Gasteiger partial charge < -0.3 is 20.2 Å². The number of imidazole rings is 1. The van der Waals surface area contributed by atoms with E-state index < -0.39 is 0 Å². The first-order chi connectivity index (χ1) is 9.71. The smallest absolute Gasteiger partial charge is 0.161 e. The van der Waals surface area contributed by atoms with Crippen LogP contribution in [-0.2, 0) is 0 Å². The molecule has 0 atom stereocenters. The van der Waals surface area contributed by atoms with Gasteiger partial charge in [0.1, 0.15) is 5.82 Å². The van der Waals surface area contributed by atoms with E-state index in [4.69, 9.17) is 15.2 Å². The molecule has 0 fully saturated rings. The standard InChI is InChI=1S/C15H15N3O2/c1-19-13-6-3-9(7-14(13)20-2)15-17-11-5-4-10(16)8-12(11)18-15/h3-8H,16H2,1-2H3,(H,17,18). The van der Waals surface area contributed by atoms with Gasteiger partial charge in [0.2, 0.25) is 0 Å². The van der Waals surface area contributed by atoms with Gasteiger partial charge in [0.05, 0.1) is 25.3 Å². The molecule has 0 radical (unpaired) electrons. The fraction of sp³-hybridized carbons (Fsp3) is 0.133.